The van der Waals surface area contributed by atoms with Gasteiger partial charge in [-0.05, 0) is 32.9 Å². The number of aliphatic hydroxyl groups excluding tert-OH is 1. The number of hydrogen-bond donors (Lipinski definition) is 1. The highest BCUT2D eigenvalue weighted by molar-refractivity contribution is 6.07. The molecule has 1 aromatic rings. The molecule has 0 aliphatic heterocycles. The van der Waals surface area contributed by atoms with Crippen LogP contribution in [0.1, 0.15) is 37.6 Å². The lowest BCUT2D eigenvalue weighted by Crippen LogP contribution is -2.25. The Kier molecular flexibility index (Phi) is 5.70. The van der Waals surface area contributed by atoms with Crippen LogP contribution in [0.15, 0.2) is 24.3 Å². The zero-order valence-corrected chi connectivity index (χ0v) is 12.0. The second-order valence-corrected chi connectivity index (χ2v) is 5.25. The number of ether oxygens (including phenoxy) is 2. The first-order chi connectivity index (χ1) is 9.33. The zero-order valence-electron chi connectivity index (χ0n) is 12.0. The van der Waals surface area contributed by atoms with E-state index in [2.05, 4.69) is 0 Å². The van der Waals surface area contributed by atoms with E-state index >= 15 is 0 Å². The normalized spacial score (nSPS) is 11.0. The second-order valence-electron chi connectivity index (χ2n) is 5.25. The van der Waals surface area contributed by atoms with Gasteiger partial charge >= 0.3 is 5.97 Å². The number of rotatable bonds is 6. The fraction of sp³-hybridized carbons (Fsp3) is 0.467. The molecule has 0 unspecified atom stereocenters. The lowest BCUT2D eigenvalue weighted by Gasteiger charge is -2.19. The predicted octanol–water partition coefficient (Wildman–Crippen LogP) is 1.97. The summed E-state index contributed by atoms with van der Waals surface area (Å²) in [6.45, 7) is 5.18. The maximum atomic E-state index is 12.1. The lowest BCUT2D eigenvalue weighted by atomic mass is 10.1. The molecule has 0 aliphatic rings. The number of benzene rings is 1. The van der Waals surface area contributed by atoms with Gasteiger partial charge in [0, 0.05) is 0 Å². The highest BCUT2D eigenvalue weighted by Crippen LogP contribution is 2.20. The van der Waals surface area contributed by atoms with Gasteiger partial charge in [-0.25, -0.2) is 0 Å². The smallest absolute Gasteiger partial charge is 0.314 e. The molecule has 5 heteroatoms. The van der Waals surface area contributed by atoms with Crippen molar-refractivity contribution in [2.45, 2.75) is 32.8 Å². The van der Waals surface area contributed by atoms with Crippen molar-refractivity contribution in [3.8, 4) is 5.75 Å². The van der Waals surface area contributed by atoms with Gasteiger partial charge in [0.15, 0.2) is 5.78 Å². The van der Waals surface area contributed by atoms with Gasteiger partial charge in [0.1, 0.15) is 24.4 Å². The molecule has 0 saturated heterocycles. The molecule has 5 nitrogen and oxygen atoms in total. The Balaban J connectivity index is 2.74. The molecule has 0 spiro atoms. The molecule has 0 radical (unpaired) electrons. The second kappa shape index (κ2) is 7.05. The summed E-state index contributed by atoms with van der Waals surface area (Å²) in [4.78, 5) is 23.7. The number of aliphatic hydroxyl groups is 1. The number of carbonyl (C=O) groups is 2. The summed E-state index contributed by atoms with van der Waals surface area (Å²) in [7, 11) is 0. The first-order valence-electron chi connectivity index (χ1n) is 6.41. The van der Waals surface area contributed by atoms with E-state index in [-0.39, 0.29) is 25.4 Å². The van der Waals surface area contributed by atoms with Gasteiger partial charge in [-0.15, -0.1) is 0 Å². The fourth-order valence-electron chi connectivity index (χ4n) is 1.58. The van der Waals surface area contributed by atoms with E-state index in [0.29, 0.717) is 11.3 Å². The van der Waals surface area contributed by atoms with Crippen LogP contribution in [0, 0.1) is 0 Å². The molecule has 0 atom stereocenters. The van der Waals surface area contributed by atoms with E-state index in [0.717, 1.165) is 0 Å². The maximum Gasteiger partial charge on any atom is 0.314 e. The molecule has 0 saturated carbocycles. The van der Waals surface area contributed by atoms with E-state index in [1.807, 2.05) is 0 Å². The summed E-state index contributed by atoms with van der Waals surface area (Å²) < 4.78 is 10.4. The third-order valence-corrected chi connectivity index (χ3v) is 2.26. The van der Waals surface area contributed by atoms with Crippen LogP contribution < -0.4 is 4.74 Å². The zero-order chi connectivity index (χ0) is 15.2. The number of Topliss-reactive ketones (excluding diaryl/α,β-unsaturated/α-hetero) is 1. The quantitative estimate of drug-likeness (QED) is 0.490. The van der Waals surface area contributed by atoms with Gasteiger partial charge in [-0.1, -0.05) is 12.1 Å². The van der Waals surface area contributed by atoms with Crippen LogP contribution in [0.25, 0.3) is 0 Å². The SMILES string of the molecule is CC(C)(C)OC(=O)CC(=O)c1ccccc1OCCO. The summed E-state index contributed by atoms with van der Waals surface area (Å²) >= 11 is 0. The molecule has 0 aliphatic carbocycles. The van der Waals surface area contributed by atoms with Crippen molar-refractivity contribution >= 4 is 11.8 Å². The number of hydrogen-bond acceptors (Lipinski definition) is 5. The molecule has 0 amide bonds. The number of para-hydroxylation sites is 1. The molecule has 1 N–H and O–H groups in total. The van der Waals surface area contributed by atoms with Gasteiger partial charge in [-0.2, -0.15) is 0 Å². The molecule has 0 heterocycles. The molecule has 0 bridgehead atoms. The van der Waals surface area contributed by atoms with Gasteiger partial charge < -0.3 is 14.6 Å². The minimum absolute atomic E-state index is 0.0940. The van der Waals surface area contributed by atoms with Crippen LogP contribution in [-0.2, 0) is 9.53 Å². The summed E-state index contributed by atoms with van der Waals surface area (Å²) in [6.07, 6.45) is -0.337. The van der Waals surface area contributed by atoms with Gasteiger partial charge in [0.05, 0.1) is 12.2 Å². The van der Waals surface area contributed by atoms with Gasteiger partial charge in [0.2, 0.25) is 0 Å². The van der Waals surface area contributed by atoms with E-state index in [1.165, 1.54) is 0 Å². The minimum Gasteiger partial charge on any atom is -0.490 e. The summed E-state index contributed by atoms with van der Waals surface area (Å²) in [6, 6.07) is 6.61. The van der Waals surface area contributed by atoms with Crippen LogP contribution in [0.4, 0.5) is 0 Å². The first kappa shape index (κ1) is 16.2. The van der Waals surface area contributed by atoms with Crippen molar-refractivity contribution < 1.29 is 24.2 Å². The fourth-order valence-corrected chi connectivity index (χ4v) is 1.58. The third kappa shape index (κ3) is 5.40. The Hall–Kier alpha value is -1.88. The molecule has 20 heavy (non-hydrogen) atoms. The highest BCUT2D eigenvalue weighted by Gasteiger charge is 2.21. The van der Waals surface area contributed by atoms with Gasteiger partial charge in [-0.3, -0.25) is 9.59 Å². The largest absolute Gasteiger partial charge is 0.490 e. The first-order valence-corrected chi connectivity index (χ1v) is 6.41. The van der Waals surface area contributed by atoms with E-state index in [9.17, 15) is 9.59 Å². The summed E-state index contributed by atoms with van der Waals surface area (Å²) in [5, 5.41) is 8.75. The van der Waals surface area contributed by atoms with Crippen LogP contribution >= 0.6 is 0 Å². The molecule has 110 valence electrons. The van der Waals surface area contributed by atoms with Crippen molar-refractivity contribution in [1.82, 2.24) is 0 Å². The number of ketones is 1. The highest BCUT2D eigenvalue weighted by atomic mass is 16.6. The van der Waals surface area contributed by atoms with Crippen molar-refractivity contribution in [2.24, 2.45) is 0 Å². The van der Waals surface area contributed by atoms with Crippen LogP contribution in [0.5, 0.6) is 5.75 Å². The molecular formula is C15H20O5. The average Bonchev–Trinajstić information content (AvgIpc) is 2.34. The molecule has 0 fully saturated rings. The van der Waals surface area contributed by atoms with Gasteiger partial charge in [0.25, 0.3) is 0 Å². The minimum atomic E-state index is -0.621. The molecule has 1 rings (SSSR count). The summed E-state index contributed by atoms with van der Waals surface area (Å²) in [5.41, 5.74) is -0.309. The third-order valence-electron chi connectivity index (χ3n) is 2.26. The predicted molar refractivity (Wildman–Crippen MR) is 73.8 cm³/mol. The van der Waals surface area contributed by atoms with Crippen LogP contribution in [0.3, 0.4) is 0 Å². The lowest BCUT2D eigenvalue weighted by molar-refractivity contribution is -0.153. The molecular weight excluding hydrogens is 260 g/mol. The average molecular weight is 280 g/mol. The Morgan fingerprint density at radius 3 is 2.45 bits per heavy atom. The van der Waals surface area contributed by atoms with Crippen molar-refractivity contribution in [2.75, 3.05) is 13.2 Å². The Bertz CT molecular complexity index is 473. The standard InChI is InChI=1S/C15H20O5/c1-15(2,3)20-14(18)10-12(17)11-6-4-5-7-13(11)19-9-8-16/h4-7,16H,8-10H2,1-3H3. The summed E-state index contributed by atoms with van der Waals surface area (Å²) in [5.74, 6) is -0.581. The molecule has 0 aromatic heterocycles. The Morgan fingerprint density at radius 1 is 1.20 bits per heavy atom. The monoisotopic (exact) mass is 280 g/mol. The van der Waals surface area contributed by atoms with E-state index in [4.69, 9.17) is 14.6 Å². The van der Waals surface area contributed by atoms with Crippen molar-refractivity contribution in [3.05, 3.63) is 29.8 Å². The van der Waals surface area contributed by atoms with Crippen LogP contribution in [0.2, 0.25) is 0 Å². The number of esters is 1. The van der Waals surface area contributed by atoms with Crippen LogP contribution in [-0.4, -0.2) is 35.7 Å². The Labute approximate surface area is 118 Å². The van der Waals surface area contributed by atoms with Crippen molar-refractivity contribution in [3.63, 3.8) is 0 Å². The Morgan fingerprint density at radius 2 is 1.85 bits per heavy atom. The maximum absolute atomic E-state index is 12.1. The van der Waals surface area contributed by atoms with E-state index in [1.54, 1.807) is 45.0 Å². The topological polar surface area (TPSA) is 72.8 Å². The number of carbonyl (C=O) groups excluding carboxylic acids is 2. The van der Waals surface area contributed by atoms with E-state index < -0.39 is 11.6 Å². The van der Waals surface area contributed by atoms with Crippen molar-refractivity contribution in [1.29, 1.82) is 0 Å². The molecule has 1 aromatic carbocycles.